The molecule has 0 aliphatic heterocycles. The zero-order chi connectivity index (χ0) is 21.3. The lowest BCUT2D eigenvalue weighted by atomic mass is 10.2. The molecular formula is C19H21ClN6O3. The van der Waals surface area contributed by atoms with Gasteiger partial charge in [0.15, 0.2) is 0 Å². The van der Waals surface area contributed by atoms with Gasteiger partial charge in [-0.05, 0) is 39.3 Å². The second-order valence-corrected chi connectivity index (χ2v) is 7.20. The van der Waals surface area contributed by atoms with Gasteiger partial charge in [0.2, 0.25) is 5.91 Å². The Bertz CT molecular complexity index is 1090. The molecule has 0 fully saturated rings. The number of hydrogen-bond acceptors (Lipinski definition) is 5. The van der Waals surface area contributed by atoms with E-state index in [1.165, 1.54) is 17.8 Å². The van der Waals surface area contributed by atoms with Crippen molar-refractivity contribution >= 4 is 28.9 Å². The van der Waals surface area contributed by atoms with E-state index in [9.17, 15) is 14.9 Å². The summed E-state index contributed by atoms with van der Waals surface area (Å²) in [5, 5.41) is 23.1. The molecule has 1 unspecified atom stereocenters. The van der Waals surface area contributed by atoms with Crippen LogP contribution in [-0.4, -0.2) is 30.4 Å². The molecule has 1 amide bonds. The van der Waals surface area contributed by atoms with E-state index in [4.69, 9.17) is 11.6 Å². The molecule has 3 rings (SSSR count). The Kier molecular flexibility index (Phi) is 5.69. The summed E-state index contributed by atoms with van der Waals surface area (Å²) in [5.41, 5.74) is 3.11. The van der Waals surface area contributed by atoms with Gasteiger partial charge in [-0.1, -0.05) is 29.8 Å². The molecule has 0 aliphatic carbocycles. The highest BCUT2D eigenvalue weighted by atomic mass is 35.5. The summed E-state index contributed by atoms with van der Waals surface area (Å²) in [4.78, 5) is 23.2. The molecule has 29 heavy (non-hydrogen) atoms. The number of rotatable bonds is 6. The summed E-state index contributed by atoms with van der Waals surface area (Å²) >= 11 is 6.24. The number of nitrogens with zero attached hydrogens (tertiary/aromatic N) is 5. The molecule has 0 aliphatic rings. The predicted molar refractivity (Wildman–Crippen MR) is 109 cm³/mol. The van der Waals surface area contributed by atoms with E-state index in [1.54, 1.807) is 18.5 Å². The molecule has 0 bridgehead atoms. The number of nitrogens with one attached hydrogen (secondary N) is 1. The van der Waals surface area contributed by atoms with Crippen LogP contribution >= 0.6 is 11.6 Å². The van der Waals surface area contributed by atoms with E-state index in [-0.39, 0.29) is 17.3 Å². The maximum Gasteiger partial charge on any atom is 0.309 e. The minimum atomic E-state index is -0.729. The highest BCUT2D eigenvalue weighted by Crippen LogP contribution is 2.24. The first-order valence-corrected chi connectivity index (χ1v) is 9.35. The van der Waals surface area contributed by atoms with Crippen molar-refractivity contribution in [3.05, 3.63) is 68.2 Å². The van der Waals surface area contributed by atoms with E-state index in [0.29, 0.717) is 22.9 Å². The molecule has 2 aromatic heterocycles. The molecule has 0 saturated carbocycles. The lowest BCUT2D eigenvalue weighted by molar-refractivity contribution is -0.385. The predicted octanol–water partition coefficient (Wildman–Crippen LogP) is 3.81. The summed E-state index contributed by atoms with van der Waals surface area (Å²) in [5.74, 6) is -0.342. The number of carbonyl (C=O) groups is 1. The normalized spacial score (nSPS) is 12.0. The fourth-order valence-corrected chi connectivity index (χ4v) is 3.21. The number of anilines is 1. The second kappa shape index (κ2) is 8.04. The summed E-state index contributed by atoms with van der Waals surface area (Å²) < 4.78 is 3.07. The van der Waals surface area contributed by atoms with Crippen LogP contribution in [0.3, 0.4) is 0 Å². The Balaban J connectivity index is 1.80. The largest absolute Gasteiger partial charge is 0.321 e. The number of halogens is 1. The van der Waals surface area contributed by atoms with Crippen molar-refractivity contribution in [2.24, 2.45) is 0 Å². The van der Waals surface area contributed by atoms with E-state index in [2.05, 4.69) is 15.5 Å². The summed E-state index contributed by atoms with van der Waals surface area (Å²) in [7, 11) is 0. The van der Waals surface area contributed by atoms with Crippen LogP contribution < -0.4 is 5.32 Å². The second-order valence-electron chi connectivity index (χ2n) is 6.80. The van der Waals surface area contributed by atoms with Crippen LogP contribution in [0.2, 0.25) is 5.02 Å². The molecule has 0 spiro atoms. The molecule has 1 N–H and O–H groups in total. The minimum absolute atomic E-state index is 0.121. The first kappa shape index (κ1) is 20.5. The van der Waals surface area contributed by atoms with E-state index in [1.807, 2.05) is 31.2 Å². The number of aryl methyl sites for hydroxylation is 2. The first-order valence-electron chi connectivity index (χ1n) is 8.97. The highest BCUT2D eigenvalue weighted by Gasteiger charge is 2.24. The zero-order valence-corrected chi connectivity index (χ0v) is 17.3. The van der Waals surface area contributed by atoms with Crippen molar-refractivity contribution in [1.29, 1.82) is 0 Å². The zero-order valence-electron chi connectivity index (χ0n) is 16.5. The maximum atomic E-state index is 12.7. The maximum absolute atomic E-state index is 12.7. The van der Waals surface area contributed by atoms with Crippen molar-refractivity contribution in [3.63, 3.8) is 0 Å². The van der Waals surface area contributed by atoms with Gasteiger partial charge in [0.05, 0.1) is 28.5 Å². The van der Waals surface area contributed by atoms with Crippen molar-refractivity contribution < 1.29 is 9.72 Å². The summed E-state index contributed by atoms with van der Waals surface area (Å²) in [6.45, 7) is 7.30. The van der Waals surface area contributed by atoms with Gasteiger partial charge in [0, 0.05) is 5.02 Å². The Morgan fingerprint density at radius 3 is 2.55 bits per heavy atom. The van der Waals surface area contributed by atoms with E-state index >= 15 is 0 Å². The Hall–Kier alpha value is -3.20. The van der Waals surface area contributed by atoms with Crippen LogP contribution in [0.5, 0.6) is 0 Å². The summed E-state index contributed by atoms with van der Waals surface area (Å²) in [6, 6.07) is 6.78. The first-order chi connectivity index (χ1) is 13.7. The number of carbonyl (C=O) groups excluding carboxylic acids is 1. The van der Waals surface area contributed by atoms with Gasteiger partial charge in [-0.15, -0.1) is 0 Å². The van der Waals surface area contributed by atoms with Crippen molar-refractivity contribution in [3.8, 4) is 0 Å². The number of aromatic nitrogens is 4. The molecular weight excluding hydrogens is 396 g/mol. The fourth-order valence-electron chi connectivity index (χ4n) is 3.02. The SMILES string of the molecule is Cc1nn(C(C)C(=O)Nc2c(C)nn(Cc3ccccc3Cl)c2C)cc1[N+](=O)[O-]. The summed E-state index contributed by atoms with van der Waals surface area (Å²) in [6.07, 6.45) is 1.26. The van der Waals surface area contributed by atoms with Crippen LogP contribution in [-0.2, 0) is 11.3 Å². The molecule has 1 atom stereocenters. The average molecular weight is 417 g/mol. The number of benzene rings is 1. The lowest BCUT2D eigenvalue weighted by Gasteiger charge is -2.13. The van der Waals surface area contributed by atoms with Crippen LogP contribution in [0.1, 0.15) is 35.6 Å². The Morgan fingerprint density at radius 1 is 1.24 bits per heavy atom. The molecule has 2 heterocycles. The minimum Gasteiger partial charge on any atom is -0.321 e. The molecule has 0 radical (unpaired) electrons. The number of amides is 1. The Morgan fingerprint density at radius 2 is 1.93 bits per heavy atom. The molecule has 0 saturated heterocycles. The number of nitro groups is 1. The molecule has 1 aromatic carbocycles. The standard InChI is InChI=1S/C19H21ClN6O3/c1-11-17(26(28)29)10-25(22-11)14(4)19(27)21-18-12(2)23-24(13(18)3)9-15-7-5-6-8-16(15)20/h5-8,10,14H,9H2,1-4H3,(H,21,27). The van der Waals surface area contributed by atoms with Gasteiger partial charge in [0.1, 0.15) is 17.9 Å². The highest BCUT2D eigenvalue weighted by molar-refractivity contribution is 6.31. The lowest BCUT2D eigenvalue weighted by Crippen LogP contribution is -2.24. The van der Waals surface area contributed by atoms with Crippen LogP contribution in [0.4, 0.5) is 11.4 Å². The van der Waals surface area contributed by atoms with Gasteiger partial charge >= 0.3 is 5.69 Å². The van der Waals surface area contributed by atoms with Gasteiger partial charge < -0.3 is 5.32 Å². The molecule has 9 nitrogen and oxygen atoms in total. The van der Waals surface area contributed by atoms with Gasteiger partial charge in [-0.25, -0.2) is 0 Å². The van der Waals surface area contributed by atoms with Gasteiger partial charge in [-0.2, -0.15) is 10.2 Å². The van der Waals surface area contributed by atoms with Crippen molar-refractivity contribution in [2.45, 2.75) is 40.3 Å². The topological polar surface area (TPSA) is 108 Å². The van der Waals surface area contributed by atoms with Crippen LogP contribution in [0, 0.1) is 30.9 Å². The number of hydrogen-bond donors (Lipinski definition) is 1. The van der Waals surface area contributed by atoms with Crippen molar-refractivity contribution in [1.82, 2.24) is 19.6 Å². The van der Waals surface area contributed by atoms with Crippen molar-refractivity contribution in [2.75, 3.05) is 5.32 Å². The third-order valence-electron chi connectivity index (χ3n) is 4.77. The quantitative estimate of drug-likeness (QED) is 0.485. The van der Waals surface area contributed by atoms with Gasteiger partial charge in [0.25, 0.3) is 0 Å². The van der Waals surface area contributed by atoms with Crippen LogP contribution in [0.15, 0.2) is 30.5 Å². The smallest absolute Gasteiger partial charge is 0.309 e. The third-order valence-corrected chi connectivity index (χ3v) is 5.14. The van der Waals surface area contributed by atoms with Gasteiger partial charge in [-0.3, -0.25) is 24.3 Å². The van der Waals surface area contributed by atoms with E-state index in [0.717, 1.165) is 11.3 Å². The third kappa shape index (κ3) is 4.14. The van der Waals surface area contributed by atoms with E-state index < -0.39 is 11.0 Å². The molecule has 152 valence electrons. The molecule has 10 heteroatoms. The van der Waals surface area contributed by atoms with Crippen LogP contribution in [0.25, 0.3) is 0 Å². The fraction of sp³-hybridized carbons (Fsp3) is 0.316. The molecule has 3 aromatic rings. The average Bonchev–Trinajstić information content (AvgIpc) is 3.18. The monoisotopic (exact) mass is 416 g/mol. The Labute approximate surface area is 172 Å².